The second-order valence-corrected chi connectivity index (χ2v) is 9.99. The number of ether oxygens (including phenoxy) is 1. The van der Waals surface area contributed by atoms with E-state index in [2.05, 4.69) is 45.6 Å². The SMILES string of the molecule is CCNC(=O)N(c1cnc(-c2cnc(OC)nc2)cn1)[C@H]1CC[C@H](Nc2ncc(C(F)(F)F)c(-c3ccn(C(F)F)n3)n2)CC1. The van der Waals surface area contributed by atoms with Gasteiger partial charge in [-0.05, 0) is 38.7 Å². The second-order valence-electron chi connectivity index (χ2n) is 9.99. The molecule has 13 nitrogen and oxygen atoms in total. The van der Waals surface area contributed by atoms with Gasteiger partial charge in [0.15, 0.2) is 5.82 Å². The van der Waals surface area contributed by atoms with E-state index in [1.807, 2.05) is 0 Å². The van der Waals surface area contributed by atoms with Gasteiger partial charge < -0.3 is 15.4 Å². The van der Waals surface area contributed by atoms with E-state index in [1.165, 1.54) is 19.5 Å². The molecule has 0 aromatic carbocycles. The highest BCUT2D eigenvalue weighted by Gasteiger charge is 2.37. The molecule has 5 rings (SSSR count). The Labute approximate surface area is 253 Å². The third kappa shape index (κ3) is 7.21. The summed E-state index contributed by atoms with van der Waals surface area (Å²) in [4.78, 5) is 39.5. The van der Waals surface area contributed by atoms with Crippen LogP contribution >= 0.6 is 0 Å². The van der Waals surface area contributed by atoms with E-state index < -0.39 is 24.0 Å². The number of rotatable bonds is 9. The molecular formula is C27H28F5N11O2. The molecule has 4 aromatic heterocycles. The van der Waals surface area contributed by atoms with Crippen LogP contribution in [0.15, 0.2) is 43.2 Å². The average molecular weight is 634 g/mol. The van der Waals surface area contributed by atoms with Gasteiger partial charge >= 0.3 is 24.8 Å². The molecule has 0 aliphatic heterocycles. The topological polar surface area (TPSA) is 149 Å². The maximum atomic E-state index is 13.7. The molecule has 1 fully saturated rings. The molecule has 18 heteroatoms. The Morgan fingerprint density at radius 2 is 1.76 bits per heavy atom. The molecule has 1 saturated carbocycles. The summed E-state index contributed by atoms with van der Waals surface area (Å²) in [5.74, 6) is 0.243. The number of nitrogens with one attached hydrogen (secondary N) is 2. The van der Waals surface area contributed by atoms with Crippen LogP contribution in [0.5, 0.6) is 6.01 Å². The van der Waals surface area contributed by atoms with Crippen molar-refractivity contribution in [3.63, 3.8) is 0 Å². The van der Waals surface area contributed by atoms with Crippen molar-refractivity contribution in [3.05, 3.63) is 48.8 Å². The van der Waals surface area contributed by atoms with Crippen LogP contribution in [-0.2, 0) is 6.18 Å². The zero-order valence-corrected chi connectivity index (χ0v) is 24.0. The Morgan fingerprint density at radius 3 is 2.33 bits per heavy atom. The highest BCUT2D eigenvalue weighted by molar-refractivity contribution is 5.91. The number of carbonyl (C=O) groups excluding carboxylic acids is 1. The first-order valence-electron chi connectivity index (χ1n) is 13.9. The lowest BCUT2D eigenvalue weighted by Crippen LogP contribution is -2.49. The zero-order chi connectivity index (χ0) is 32.1. The maximum absolute atomic E-state index is 13.7. The fourth-order valence-corrected chi connectivity index (χ4v) is 4.93. The number of amides is 2. The fourth-order valence-electron chi connectivity index (χ4n) is 4.93. The number of halogens is 5. The van der Waals surface area contributed by atoms with E-state index in [4.69, 9.17) is 4.74 Å². The normalized spacial score (nSPS) is 16.8. The van der Waals surface area contributed by atoms with Gasteiger partial charge in [0.25, 0.3) is 0 Å². The molecule has 0 atom stereocenters. The molecule has 2 N–H and O–H groups in total. The predicted octanol–water partition coefficient (Wildman–Crippen LogP) is 4.97. The third-order valence-electron chi connectivity index (χ3n) is 7.08. The van der Waals surface area contributed by atoms with Gasteiger partial charge in [-0.2, -0.15) is 27.1 Å². The third-order valence-corrected chi connectivity index (χ3v) is 7.08. The number of carbonyl (C=O) groups is 1. The number of alkyl halides is 5. The zero-order valence-electron chi connectivity index (χ0n) is 24.0. The van der Waals surface area contributed by atoms with Crippen molar-refractivity contribution in [1.82, 2.24) is 45.0 Å². The molecule has 238 valence electrons. The van der Waals surface area contributed by atoms with Gasteiger partial charge in [0.1, 0.15) is 17.0 Å². The maximum Gasteiger partial charge on any atom is 0.420 e. The number of hydrogen-bond acceptors (Lipinski definition) is 10. The molecule has 0 unspecified atom stereocenters. The van der Waals surface area contributed by atoms with Gasteiger partial charge in [-0.25, -0.2) is 34.4 Å². The first kappa shape index (κ1) is 31.4. The van der Waals surface area contributed by atoms with Crippen molar-refractivity contribution < 1.29 is 31.5 Å². The van der Waals surface area contributed by atoms with Crippen LogP contribution in [0.2, 0.25) is 0 Å². The van der Waals surface area contributed by atoms with E-state index in [1.54, 1.807) is 24.2 Å². The number of anilines is 2. The van der Waals surface area contributed by atoms with Crippen molar-refractivity contribution in [3.8, 4) is 28.7 Å². The van der Waals surface area contributed by atoms with E-state index in [0.29, 0.717) is 55.5 Å². The minimum absolute atomic E-state index is 0.0994. The fraction of sp³-hybridized carbons (Fsp3) is 0.407. The van der Waals surface area contributed by atoms with Crippen LogP contribution in [0.3, 0.4) is 0 Å². The summed E-state index contributed by atoms with van der Waals surface area (Å²) >= 11 is 0. The Morgan fingerprint density at radius 1 is 1.02 bits per heavy atom. The van der Waals surface area contributed by atoms with Crippen molar-refractivity contribution in [1.29, 1.82) is 0 Å². The van der Waals surface area contributed by atoms with E-state index in [0.717, 1.165) is 12.3 Å². The number of urea groups is 1. The molecule has 45 heavy (non-hydrogen) atoms. The van der Waals surface area contributed by atoms with Crippen molar-refractivity contribution in [2.45, 2.75) is 57.4 Å². The molecule has 0 radical (unpaired) electrons. The van der Waals surface area contributed by atoms with Crippen molar-refractivity contribution >= 4 is 17.8 Å². The molecular weight excluding hydrogens is 605 g/mol. The lowest BCUT2D eigenvalue weighted by atomic mass is 9.90. The Balaban J connectivity index is 1.30. The largest absolute Gasteiger partial charge is 0.467 e. The summed E-state index contributed by atoms with van der Waals surface area (Å²) in [5.41, 5.74) is -1.05. The van der Waals surface area contributed by atoms with Crippen molar-refractivity contribution in [2.75, 3.05) is 23.9 Å². The standard InChI is InChI=1S/C27H28F5N11O2/c1-3-33-26(44)43(21-14-34-20(13-35-21)15-10-37-25(45-2)38-11-15)17-6-4-16(5-7-17)39-24-36-12-18(27(30,31)32)22(40-24)19-8-9-42(41-19)23(28)29/h8-14,16-17,23H,3-7H2,1-2H3,(H,33,44)(H,36,39,40)/t16-,17-. The van der Waals surface area contributed by atoms with Crippen LogP contribution in [-0.4, -0.2) is 71.5 Å². The quantitative estimate of drug-likeness (QED) is 0.242. The average Bonchev–Trinajstić information content (AvgIpc) is 3.53. The van der Waals surface area contributed by atoms with Crippen LogP contribution in [0.1, 0.15) is 44.7 Å². The molecule has 0 saturated heterocycles. The van der Waals surface area contributed by atoms with E-state index in [-0.39, 0.29) is 40.4 Å². The molecule has 1 aliphatic rings. The number of aromatic nitrogens is 8. The minimum Gasteiger partial charge on any atom is -0.467 e. The van der Waals surface area contributed by atoms with Crippen LogP contribution in [0.25, 0.3) is 22.6 Å². The summed E-state index contributed by atoms with van der Waals surface area (Å²) in [5, 5.41) is 9.39. The Kier molecular flexibility index (Phi) is 9.29. The lowest BCUT2D eigenvalue weighted by molar-refractivity contribution is -0.137. The van der Waals surface area contributed by atoms with Gasteiger partial charge in [0.2, 0.25) is 5.95 Å². The van der Waals surface area contributed by atoms with Crippen molar-refractivity contribution in [2.24, 2.45) is 0 Å². The smallest absolute Gasteiger partial charge is 0.420 e. The van der Waals surface area contributed by atoms with Gasteiger partial charge in [-0.3, -0.25) is 9.88 Å². The molecule has 2 amide bonds. The minimum atomic E-state index is -4.83. The Hall–Kier alpha value is -5.03. The van der Waals surface area contributed by atoms with Crippen LogP contribution in [0, 0.1) is 0 Å². The summed E-state index contributed by atoms with van der Waals surface area (Å²) < 4.78 is 72.2. The summed E-state index contributed by atoms with van der Waals surface area (Å²) in [6.07, 6.45) is 4.85. The number of hydrogen-bond donors (Lipinski definition) is 2. The Bertz CT molecular complexity index is 1590. The molecule has 1 aliphatic carbocycles. The first-order chi connectivity index (χ1) is 21.6. The summed E-state index contributed by atoms with van der Waals surface area (Å²) in [6, 6.07) is 0.422. The monoisotopic (exact) mass is 633 g/mol. The van der Waals surface area contributed by atoms with Crippen LogP contribution < -0.4 is 20.3 Å². The highest BCUT2D eigenvalue weighted by Crippen LogP contribution is 2.36. The van der Waals surface area contributed by atoms with Gasteiger partial charge in [0, 0.05) is 49.0 Å². The summed E-state index contributed by atoms with van der Waals surface area (Å²) in [6.45, 7) is -0.830. The lowest BCUT2D eigenvalue weighted by Gasteiger charge is -2.36. The van der Waals surface area contributed by atoms with E-state index >= 15 is 0 Å². The molecule has 4 aromatic rings. The number of methoxy groups -OCH3 is 1. The molecule has 0 spiro atoms. The first-order valence-corrected chi connectivity index (χ1v) is 13.9. The highest BCUT2D eigenvalue weighted by atomic mass is 19.4. The van der Waals surface area contributed by atoms with Crippen LogP contribution in [0.4, 0.5) is 38.5 Å². The predicted molar refractivity (Wildman–Crippen MR) is 150 cm³/mol. The van der Waals surface area contributed by atoms with Gasteiger partial charge in [-0.15, -0.1) is 0 Å². The molecule has 0 bridgehead atoms. The summed E-state index contributed by atoms with van der Waals surface area (Å²) in [7, 11) is 1.46. The second kappa shape index (κ2) is 13.3. The number of nitrogens with zero attached hydrogens (tertiary/aromatic N) is 9. The van der Waals surface area contributed by atoms with Gasteiger partial charge in [0.05, 0.1) is 25.2 Å². The van der Waals surface area contributed by atoms with Gasteiger partial charge in [-0.1, -0.05) is 0 Å². The molecule has 4 heterocycles. The van der Waals surface area contributed by atoms with E-state index in [9.17, 15) is 26.7 Å².